The van der Waals surface area contributed by atoms with Crippen LogP contribution in [0.5, 0.6) is 0 Å². The number of benzene rings is 1. The lowest BCUT2D eigenvalue weighted by Gasteiger charge is -2.19. The van der Waals surface area contributed by atoms with Crippen LogP contribution in [0.1, 0.15) is 24.1 Å². The second-order valence-corrected chi connectivity index (χ2v) is 6.56. The zero-order valence-electron chi connectivity index (χ0n) is 9.87. The predicted molar refractivity (Wildman–Crippen MR) is 62.3 cm³/mol. The maximum absolute atomic E-state index is 13.6. The minimum atomic E-state index is -3.40. The summed E-state index contributed by atoms with van der Waals surface area (Å²) in [5, 5.41) is -0.973. The van der Waals surface area contributed by atoms with Crippen molar-refractivity contribution in [1.82, 2.24) is 0 Å². The summed E-state index contributed by atoms with van der Waals surface area (Å²) >= 11 is 0. The fraction of sp³-hybridized carbons (Fsp3) is 0.455. The molecule has 0 radical (unpaired) electrons. The molecular weight excluding hydrogens is 248 g/mol. The van der Waals surface area contributed by atoms with Gasteiger partial charge in [0.1, 0.15) is 0 Å². The van der Waals surface area contributed by atoms with Crippen molar-refractivity contribution in [2.24, 2.45) is 5.73 Å². The molecule has 0 aliphatic rings. The van der Waals surface area contributed by atoms with Crippen LogP contribution in [-0.2, 0) is 9.84 Å². The molecule has 6 heteroatoms. The molecule has 2 unspecified atom stereocenters. The van der Waals surface area contributed by atoms with E-state index in [-0.39, 0.29) is 11.1 Å². The number of halogens is 2. The highest BCUT2D eigenvalue weighted by Gasteiger charge is 2.27. The molecule has 0 spiro atoms. The Labute approximate surface area is 99.6 Å². The maximum Gasteiger partial charge on any atom is 0.163 e. The van der Waals surface area contributed by atoms with E-state index < -0.39 is 32.8 Å². The van der Waals surface area contributed by atoms with Crippen molar-refractivity contribution in [3.63, 3.8) is 0 Å². The minimum absolute atomic E-state index is 0.119. The molecule has 0 fully saturated rings. The Balaban J connectivity index is 3.23. The second kappa shape index (κ2) is 4.70. The van der Waals surface area contributed by atoms with Gasteiger partial charge in [-0.1, -0.05) is 12.1 Å². The lowest BCUT2D eigenvalue weighted by Crippen LogP contribution is -2.31. The van der Waals surface area contributed by atoms with Gasteiger partial charge in [-0.15, -0.1) is 0 Å². The molecule has 1 rings (SSSR count). The normalized spacial score (nSPS) is 15.6. The highest BCUT2D eigenvalue weighted by Crippen LogP contribution is 2.24. The van der Waals surface area contributed by atoms with Crippen LogP contribution in [0.2, 0.25) is 0 Å². The van der Waals surface area contributed by atoms with Gasteiger partial charge in [-0.05, 0) is 19.4 Å². The second-order valence-electron chi connectivity index (χ2n) is 4.16. The largest absolute Gasteiger partial charge is 0.323 e. The van der Waals surface area contributed by atoms with Crippen molar-refractivity contribution >= 4 is 9.84 Å². The molecule has 0 aromatic heterocycles. The SMILES string of the molecule is Cc1ccc(C(N)C(C)S(C)(=O)=O)c(F)c1F. The Hall–Kier alpha value is -1.01. The summed E-state index contributed by atoms with van der Waals surface area (Å²) in [6, 6.07) is 1.61. The van der Waals surface area contributed by atoms with Crippen molar-refractivity contribution in [3.05, 3.63) is 34.9 Å². The lowest BCUT2D eigenvalue weighted by atomic mass is 10.0. The van der Waals surface area contributed by atoms with Gasteiger partial charge in [-0.25, -0.2) is 17.2 Å². The molecule has 0 saturated carbocycles. The first kappa shape index (κ1) is 14.1. The fourth-order valence-corrected chi connectivity index (χ4v) is 2.12. The summed E-state index contributed by atoms with van der Waals surface area (Å²) in [5.41, 5.74) is 5.70. The van der Waals surface area contributed by atoms with Crippen LogP contribution in [0.25, 0.3) is 0 Å². The third-order valence-corrected chi connectivity index (χ3v) is 4.49. The van der Waals surface area contributed by atoms with E-state index in [1.54, 1.807) is 0 Å². The molecule has 0 aliphatic carbocycles. The summed E-state index contributed by atoms with van der Waals surface area (Å²) in [6.45, 7) is 2.80. The molecule has 2 N–H and O–H groups in total. The number of aryl methyl sites for hydroxylation is 1. The summed E-state index contributed by atoms with van der Waals surface area (Å²) in [5.74, 6) is -2.06. The monoisotopic (exact) mass is 263 g/mol. The molecule has 3 nitrogen and oxygen atoms in total. The molecule has 0 heterocycles. The molecule has 17 heavy (non-hydrogen) atoms. The summed E-state index contributed by atoms with van der Waals surface area (Å²) in [7, 11) is -3.40. The third kappa shape index (κ3) is 2.81. The van der Waals surface area contributed by atoms with Crippen LogP contribution < -0.4 is 5.73 Å². The zero-order valence-corrected chi connectivity index (χ0v) is 10.7. The topological polar surface area (TPSA) is 60.2 Å². The van der Waals surface area contributed by atoms with Crippen molar-refractivity contribution < 1.29 is 17.2 Å². The molecule has 0 bridgehead atoms. The highest BCUT2D eigenvalue weighted by atomic mass is 32.2. The predicted octanol–water partition coefficient (Wildman–Crippen LogP) is 1.71. The van der Waals surface area contributed by atoms with Crippen molar-refractivity contribution in [2.75, 3.05) is 6.26 Å². The molecule has 1 aromatic rings. The molecule has 0 amide bonds. The van der Waals surface area contributed by atoms with E-state index in [2.05, 4.69) is 0 Å². The summed E-state index contributed by atoms with van der Waals surface area (Å²) in [6.07, 6.45) is 1.01. The van der Waals surface area contributed by atoms with E-state index in [1.165, 1.54) is 26.0 Å². The average molecular weight is 263 g/mol. The number of rotatable bonds is 3. The first-order valence-electron chi connectivity index (χ1n) is 5.05. The third-order valence-electron chi connectivity index (χ3n) is 2.85. The van der Waals surface area contributed by atoms with Gasteiger partial charge in [0.15, 0.2) is 21.5 Å². The number of sulfone groups is 1. The van der Waals surface area contributed by atoms with Crippen molar-refractivity contribution in [3.8, 4) is 0 Å². The zero-order chi connectivity index (χ0) is 13.4. The minimum Gasteiger partial charge on any atom is -0.323 e. The van der Waals surface area contributed by atoms with Gasteiger partial charge in [0.25, 0.3) is 0 Å². The number of hydrogen-bond donors (Lipinski definition) is 1. The quantitative estimate of drug-likeness (QED) is 0.903. The van der Waals surface area contributed by atoms with E-state index in [0.29, 0.717) is 0 Å². The van der Waals surface area contributed by atoms with Gasteiger partial charge in [0.2, 0.25) is 0 Å². The molecule has 0 saturated heterocycles. The van der Waals surface area contributed by atoms with Crippen LogP contribution in [0.3, 0.4) is 0 Å². The average Bonchev–Trinajstić information content (AvgIpc) is 2.23. The first-order valence-corrected chi connectivity index (χ1v) is 7.00. The Morgan fingerprint density at radius 1 is 1.24 bits per heavy atom. The smallest absolute Gasteiger partial charge is 0.163 e. The highest BCUT2D eigenvalue weighted by molar-refractivity contribution is 7.91. The van der Waals surface area contributed by atoms with Crippen LogP contribution in [0.15, 0.2) is 12.1 Å². The van der Waals surface area contributed by atoms with Crippen molar-refractivity contribution in [2.45, 2.75) is 25.1 Å². The first-order chi connectivity index (χ1) is 7.66. The standard InChI is InChI=1S/C11H15F2NO2S/c1-6-4-5-8(10(13)9(6)12)11(14)7(2)17(3,15)16/h4-5,7,11H,14H2,1-3H3. The van der Waals surface area contributed by atoms with Gasteiger partial charge in [-0.3, -0.25) is 0 Å². The molecular formula is C11H15F2NO2S. The number of hydrogen-bond acceptors (Lipinski definition) is 3. The van der Waals surface area contributed by atoms with E-state index in [4.69, 9.17) is 5.73 Å². The Morgan fingerprint density at radius 2 is 1.76 bits per heavy atom. The summed E-state index contributed by atoms with van der Waals surface area (Å²) < 4.78 is 49.6. The van der Waals surface area contributed by atoms with E-state index in [9.17, 15) is 17.2 Å². The van der Waals surface area contributed by atoms with Gasteiger partial charge >= 0.3 is 0 Å². The van der Waals surface area contributed by atoms with Crippen LogP contribution in [0.4, 0.5) is 8.78 Å². The van der Waals surface area contributed by atoms with Crippen LogP contribution in [-0.4, -0.2) is 19.9 Å². The maximum atomic E-state index is 13.6. The Morgan fingerprint density at radius 3 is 2.24 bits per heavy atom. The fourth-order valence-electron chi connectivity index (χ4n) is 1.44. The molecule has 2 atom stereocenters. The Kier molecular flexibility index (Phi) is 3.88. The van der Waals surface area contributed by atoms with Crippen molar-refractivity contribution in [1.29, 1.82) is 0 Å². The molecule has 96 valence electrons. The van der Waals surface area contributed by atoms with Gasteiger partial charge < -0.3 is 5.73 Å². The van der Waals surface area contributed by atoms with Gasteiger partial charge in [-0.2, -0.15) is 0 Å². The lowest BCUT2D eigenvalue weighted by molar-refractivity contribution is 0.480. The van der Waals surface area contributed by atoms with Crippen LogP contribution in [0, 0.1) is 18.6 Å². The number of nitrogens with two attached hydrogens (primary N) is 1. The Bertz CT molecular complexity index is 529. The van der Waals surface area contributed by atoms with E-state index in [1.807, 2.05) is 0 Å². The summed E-state index contributed by atoms with van der Waals surface area (Å²) in [4.78, 5) is 0. The van der Waals surface area contributed by atoms with E-state index in [0.717, 1.165) is 6.26 Å². The molecule has 0 aliphatic heterocycles. The van der Waals surface area contributed by atoms with E-state index >= 15 is 0 Å². The van der Waals surface area contributed by atoms with Crippen LogP contribution >= 0.6 is 0 Å². The van der Waals surface area contributed by atoms with Gasteiger partial charge in [0.05, 0.1) is 5.25 Å². The molecule has 1 aromatic carbocycles. The van der Waals surface area contributed by atoms with Gasteiger partial charge in [0, 0.05) is 17.9 Å².